The summed E-state index contributed by atoms with van der Waals surface area (Å²) in [6.07, 6.45) is 1.36. The molecule has 0 radical (unpaired) electrons. The molecule has 1 N–H and O–H groups in total. The maximum absolute atomic E-state index is 4.82. The number of piperazine rings is 1. The average Bonchev–Trinajstić information content (AvgIpc) is 3.03. The molecule has 0 saturated carbocycles. The lowest BCUT2D eigenvalue weighted by Crippen LogP contribution is -2.52. The Bertz CT molecular complexity index is 467. The maximum Gasteiger partial charge on any atom is 0.194 e. The third kappa shape index (κ3) is 5.22. The lowest BCUT2D eigenvalue weighted by atomic mass is 10.2. The number of halogens is 1. The molecule has 0 bridgehead atoms. The zero-order chi connectivity index (χ0) is 15.2. The van der Waals surface area contributed by atoms with E-state index in [1.165, 1.54) is 24.5 Å². The van der Waals surface area contributed by atoms with E-state index in [1.54, 1.807) is 0 Å². The van der Waals surface area contributed by atoms with Crippen molar-refractivity contribution in [3.8, 4) is 0 Å². The highest BCUT2D eigenvalue weighted by Gasteiger charge is 2.20. The fourth-order valence-electron chi connectivity index (χ4n) is 2.92. The minimum absolute atomic E-state index is 0. The summed E-state index contributed by atoms with van der Waals surface area (Å²) in [7, 11) is 0. The standard InChI is InChI=1S/C16H27N5S.HI/c1-2-17-16(18-6-9-19-7-4-8-19)21-12-10-20(11-13-21)15-5-3-14-22-15;/h3,5,14H,2,4,6-13H2,1H3,(H,17,18);1H. The molecule has 0 amide bonds. The number of nitrogens with one attached hydrogen (secondary N) is 1. The number of guanidine groups is 1. The quantitative estimate of drug-likeness (QED) is 0.425. The van der Waals surface area contributed by atoms with Crippen LogP contribution in [0.3, 0.4) is 0 Å². The maximum atomic E-state index is 4.82. The van der Waals surface area contributed by atoms with Crippen LogP contribution in [-0.4, -0.2) is 74.7 Å². The number of hydrogen-bond donors (Lipinski definition) is 1. The predicted octanol–water partition coefficient (Wildman–Crippen LogP) is 2.16. The monoisotopic (exact) mass is 449 g/mol. The van der Waals surface area contributed by atoms with E-state index in [0.29, 0.717) is 0 Å². The van der Waals surface area contributed by atoms with Gasteiger partial charge in [-0.25, -0.2) is 0 Å². The summed E-state index contributed by atoms with van der Waals surface area (Å²) in [5.41, 5.74) is 0. The summed E-state index contributed by atoms with van der Waals surface area (Å²) in [5, 5.41) is 7.00. The van der Waals surface area contributed by atoms with Crippen molar-refractivity contribution in [3.05, 3.63) is 17.5 Å². The van der Waals surface area contributed by atoms with E-state index in [0.717, 1.165) is 51.8 Å². The van der Waals surface area contributed by atoms with Gasteiger partial charge in [-0.2, -0.15) is 0 Å². The molecule has 3 heterocycles. The predicted molar refractivity (Wildman–Crippen MR) is 111 cm³/mol. The Balaban J connectivity index is 0.00000192. The number of aliphatic imine (C=N–C) groups is 1. The smallest absolute Gasteiger partial charge is 0.194 e. The third-order valence-electron chi connectivity index (χ3n) is 4.36. The molecule has 5 nitrogen and oxygen atoms in total. The van der Waals surface area contributed by atoms with Gasteiger partial charge in [0, 0.05) is 39.3 Å². The highest BCUT2D eigenvalue weighted by molar-refractivity contribution is 14.0. The molecule has 0 spiro atoms. The summed E-state index contributed by atoms with van der Waals surface area (Å²) in [6, 6.07) is 4.35. The van der Waals surface area contributed by atoms with E-state index in [9.17, 15) is 0 Å². The van der Waals surface area contributed by atoms with Gasteiger partial charge in [0.2, 0.25) is 0 Å². The van der Waals surface area contributed by atoms with Crippen LogP contribution in [-0.2, 0) is 0 Å². The molecule has 2 aliphatic rings. The minimum Gasteiger partial charge on any atom is -0.360 e. The second kappa shape index (κ2) is 9.68. The van der Waals surface area contributed by atoms with Crippen LogP contribution in [0, 0.1) is 0 Å². The van der Waals surface area contributed by atoms with Crippen LogP contribution in [0.15, 0.2) is 22.5 Å². The second-order valence-corrected chi connectivity index (χ2v) is 6.78. The van der Waals surface area contributed by atoms with Crippen LogP contribution in [0.2, 0.25) is 0 Å². The molecule has 2 aliphatic heterocycles. The van der Waals surface area contributed by atoms with Gasteiger partial charge in [0.25, 0.3) is 0 Å². The van der Waals surface area contributed by atoms with Gasteiger partial charge in [0.15, 0.2) is 5.96 Å². The largest absolute Gasteiger partial charge is 0.360 e. The molecule has 1 aromatic rings. The van der Waals surface area contributed by atoms with E-state index in [1.807, 2.05) is 11.3 Å². The van der Waals surface area contributed by atoms with Gasteiger partial charge in [0.05, 0.1) is 11.5 Å². The first-order chi connectivity index (χ1) is 10.9. The summed E-state index contributed by atoms with van der Waals surface area (Å²) in [4.78, 5) is 12.2. The van der Waals surface area contributed by atoms with E-state index >= 15 is 0 Å². The second-order valence-electron chi connectivity index (χ2n) is 5.86. The first kappa shape index (κ1) is 18.8. The Labute approximate surface area is 160 Å². The molecule has 0 atom stereocenters. The van der Waals surface area contributed by atoms with Gasteiger partial charge in [-0.1, -0.05) is 0 Å². The van der Waals surface area contributed by atoms with Crippen LogP contribution in [0.1, 0.15) is 13.3 Å². The van der Waals surface area contributed by atoms with Gasteiger partial charge in [-0.3, -0.25) is 4.99 Å². The van der Waals surface area contributed by atoms with Crippen molar-refractivity contribution >= 4 is 46.3 Å². The molecule has 0 aliphatic carbocycles. The lowest BCUT2D eigenvalue weighted by molar-refractivity contribution is 0.187. The third-order valence-corrected chi connectivity index (χ3v) is 5.29. The Morgan fingerprint density at radius 1 is 1.22 bits per heavy atom. The van der Waals surface area contributed by atoms with Crippen molar-refractivity contribution in [1.82, 2.24) is 15.1 Å². The molecule has 0 aromatic carbocycles. The normalized spacial score (nSPS) is 19.3. The summed E-state index contributed by atoms with van der Waals surface area (Å²) < 4.78 is 0. The summed E-state index contributed by atoms with van der Waals surface area (Å²) in [6.45, 7) is 11.9. The number of anilines is 1. The van der Waals surface area contributed by atoms with Crippen LogP contribution < -0.4 is 10.2 Å². The van der Waals surface area contributed by atoms with Gasteiger partial charge in [0.1, 0.15) is 0 Å². The van der Waals surface area contributed by atoms with Crippen molar-refractivity contribution in [2.45, 2.75) is 13.3 Å². The summed E-state index contributed by atoms with van der Waals surface area (Å²) >= 11 is 1.83. The van der Waals surface area contributed by atoms with Crippen LogP contribution >= 0.6 is 35.3 Å². The van der Waals surface area contributed by atoms with E-state index in [2.05, 4.69) is 44.5 Å². The fourth-order valence-corrected chi connectivity index (χ4v) is 3.70. The fraction of sp³-hybridized carbons (Fsp3) is 0.688. The van der Waals surface area contributed by atoms with Crippen LogP contribution in [0.5, 0.6) is 0 Å². The molecule has 2 fully saturated rings. The van der Waals surface area contributed by atoms with E-state index in [4.69, 9.17) is 4.99 Å². The molecule has 1 aromatic heterocycles. The molecule has 3 rings (SSSR count). The Hall–Kier alpha value is -0.540. The topological polar surface area (TPSA) is 34.1 Å². The molecular weight excluding hydrogens is 421 g/mol. The molecular formula is C16H28IN5S. The molecule has 2 saturated heterocycles. The van der Waals surface area contributed by atoms with Crippen LogP contribution in [0.25, 0.3) is 0 Å². The SMILES string of the molecule is CCNC(=NCCN1CCC1)N1CCN(c2cccs2)CC1.I. The lowest BCUT2D eigenvalue weighted by Gasteiger charge is -2.37. The molecule has 23 heavy (non-hydrogen) atoms. The van der Waals surface area contributed by atoms with Crippen molar-refractivity contribution in [2.75, 3.05) is 63.8 Å². The molecule has 130 valence electrons. The Morgan fingerprint density at radius 2 is 2.00 bits per heavy atom. The highest BCUT2D eigenvalue weighted by Crippen LogP contribution is 2.22. The molecule has 0 unspecified atom stereocenters. The first-order valence-corrected chi connectivity index (χ1v) is 9.29. The van der Waals surface area contributed by atoms with Crippen LogP contribution in [0.4, 0.5) is 5.00 Å². The number of nitrogens with zero attached hydrogens (tertiary/aromatic N) is 4. The number of likely N-dealkylation sites (tertiary alicyclic amines) is 1. The Kier molecular flexibility index (Phi) is 7.91. The number of rotatable bonds is 5. The Morgan fingerprint density at radius 3 is 2.57 bits per heavy atom. The first-order valence-electron chi connectivity index (χ1n) is 8.41. The van der Waals surface area contributed by atoms with E-state index < -0.39 is 0 Å². The highest BCUT2D eigenvalue weighted by atomic mass is 127. The molecule has 7 heteroatoms. The average molecular weight is 449 g/mol. The van der Waals surface area contributed by atoms with Crippen molar-refractivity contribution in [2.24, 2.45) is 4.99 Å². The zero-order valence-corrected chi connectivity index (χ0v) is 17.1. The zero-order valence-electron chi connectivity index (χ0n) is 13.9. The van der Waals surface area contributed by atoms with Crippen molar-refractivity contribution < 1.29 is 0 Å². The van der Waals surface area contributed by atoms with Gasteiger partial charge in [-0.15, -0.1) is 35.3 Å². The number of thiophene rings is 1. The number of hydrogen-bond acceptors (Lipinski definition) is 4. The van der Waals surface area contributed by atoms with Gasteiger partial charge < -0.3 is 20.0 Å². The minimum atomic E-state index is 0. The van der Waals surface area contributed by atoms with E-state index in [-0.39, 0.29) is 24.0 Å². The summed E-state index contributed by atoms with van der Waals surface area (Å²) in [5.74, 6) is 1.09. The van der Waals surface area contributed by atoms with Gasteiger partial charge >= 0.3 is 0 Å². The van der Waals surface area contributed by atoms with Crippen molar-refractivity contribution in [1.29, 1.82) is 0 Å². The van der Waals surface area contributed by atoms with Gasteiger partial charge in [-0.05, 0) is 43.9 Å². The van der Waals surface area contributed by atoms with Crippen molar-refractivity contribution in [3.63, 3.8) is 0 Å².